The second-order valence-electron chi connectivity index (χ2n) is 6.91. The molecule has 0 unspecified atom stereocenters. The van der Waals surface area contributed by atoms with Gasteiger partial charge in [-0.3, -0.25) is 14.3 Å². The van der Waals surface area contributed by atoms with E-state index in [1.54, 1.807) is 17.0 Å². The van der Waals surface area contributed by atoms with Crippen LogP contribution in [0.15, 0.2) is 29.6 Å². The number of rotatable bonds is 4. The summed E-state index contributed by atoms with van der Waals surface area (Å²) >= 11 is 0. The van der Waals surface area contributed by atoms with Crippen molar-refractivity contribution in [1.82, 2.24) is 19.5 Å². The van der Waals surface area contributed by atoms with E-state index < -0.39 is 0 Å². The predicted molar refractivity (Wildman–Crippen MR) is 94.3 cm³/mol. The van der Waals surface area contributed by atoms with Crippen LogP contribution >= 0.6 is 0 Å². The molecule has 6 heteroatoms. The Morgan fingerprint density at radius 1 is 1.17 bits per heavy atom. The highest BCUT2D eigenvalue weighted by atomic mass is 16.1. The Hall–Kier alpha value is -2.24. The van der Waals surface area contributed by atoms with Crippen LogP contribution in [0.4, 0.5) is 5.82 Å². The van der Waals surface area contributed by atoms with E-state index in [2.05, 4.69) is 33.7 Å². The molecule has 0 N–H and O–H groups in total. The molecule has 0 radical (unpaired) electrons. The summed E-state index contributed by atoms with van der Waals surface area (Å²) in [7, 11) is 0. The maximum Gasteiger partial charge on any atom is 0.253 e. The van der Waals surface area contributed by atoms with Gasteiger partial charge >= 0.3 is 0 Å². The summed E-state index contributed by atoms with van der Waals surface area (Å²) in [5, 5.41) is 0. The molecule has 1 aliphatic heterocycles. The second kappa shape index (κ2) is 7.11. The lowest BCUT2D eigenvalue weighted by molar-refractivity contribution is 0.349. The van der Waals surface area contributed by atoms with Crippen LogP contribution in [0.1, 0.15) is 44.0 Å². The van der Waals surface area contributed by atoms with E-state index in [1.165, 1.54) is 0 Å². The monoisotopic (exact) mass is 327 g/mol. The lowest BCUT2D eigenvalue weighted by Crippen LogP contribution is -2.37. The molecule has 0 amide bonds. The Morgan fingerprint density at radius 3 is 2.50 bits per heavy atom. The minimum absolute atomic E-state index is 0.0560. The number of piperidine rings is 1. The van der Waals surface area contributed by atoms with Gasteiger partial charge in [0, 0.05) is 25.7 Å². The van der Waals surface area contributed by atoms with E-state index in [1.807, 2.05) is 19.3 Å². The van der Waals surface area contributed by atoms with E-state index >= 15 is 0 Å². The van der Waals surface area contributed by atoms with Crippen molar-refractivity contribution >= 4 is 5.82 Å². The number of aryl methyl sites for hydroxylation is 1. The van der Waals surface area contributed by atoms with Crippen LogP contribution in [0.2, 0.25) is 0 Å². The first-order chi connectivity index (χ1) is 11.5. The summed E-state index contributed by atoms with van der Waals surface area (Å²) in [5.41, 5.74) is 1.86. The Labute approximate surface area is 142 Å². The number of nitrogens with zero attached hydrogens (tertiary/aromatic N) is 5. The zero-order valence-corrected chi connectivity index (χ0v) is 14.6. The number of hydrogen-bond donors (Lipinski definition) is 0. The van der Waals surface area contributed by atoms with Gasteiger partial charge < -0.3 is 4.90 Å². The first-order valence-electron chi connectivity index (χ1n) is 8.63. The first-order valence-corrected chi connectivity index (χ1v) is 8.63. The van der Waals surface area contributed by atoms with Crippen molar-refractivity contribution in [3.8, 4) is 0 Å². The molecule has 3 heterocycles. The van der Waals surface area contributed by atoms with Crippen LogP contribution < -0.4 is 10.5 Å². The first kappa shape index (κ1) is 16.6. The average molecular weight is 327 g/mol. The van der Waals surface area contributed by atoms with E-state index in [-0.39, 0.29) is 11.5 Å². The zero-order valence-electron chi connectivity index (χ0n) is 14.6. The molecule has 0 saturated carbocycles. The van der Waals surface area contributed by atoms with Gasteiger partial charge in [-0.1, -0.05) is 13.8 Å². The summed E-state index contributed by atoms with van der Waals surface area (Å²) in [6.45, 7) is 8.70. The van der Waals surface area contributed by atoms with Crippen LogP contribution in [-0.2, 0) is 6.54 Å². The van der Waals surface area contributed by atoms with Crippen LogP contribution in [0.25, 0.3) is 0 Å². The van der Waals surface area contributed by atoms with E-state index in [9.17, 15) is 4.79 Å². The fourth-order valence-electron chi connectivity index (χ4n) is 3.06. The van der Waals surface area contributed by atoms with Gasteiger partial charge in [0.25, 0.3) is 5.56 Å². The number of aromatic nitrogens is 4. The lowest BCUT2D eigenvalue weighted by atomic mass is 9.96. The summed E-state index contributed by atoms with van der Waals surface area (Å²) in [6.07, 6.45) is 7.45. The van der Waals surface area contributed by atoms with Gasteiger partial charge in [0.05, 0.1) is 30.1 Å². The minimum atomic E-state index is 0.0560. The van der Waals surface area contributed by atoms with Gasteiger partial charge in [0.15, 0.2) is 0 Å². The van der Waals surface area contributed by atoms with Crippen molar-refractivity contribution < 1.29 is 0 Å². The van der Waals surface area contributed by atoms with Crippen molar-refractivity contribution in [2.24, 2.45) is 5.92 Å². The maximum absolute atomic E-state index is 12.2. The van der Waals surface area contributed by atoms with Crippen LogP contribution in [0.3, 0.4) is 0 Å². The third kappa shape index (κ3) is 3.80. The van der Waals surface area contributed by atoms with Gasteiger partial charge in [-0.05, 0) is 31.6 Å². The third-order valence-electron chi connectivity index (χ3n) is 4.65. The Kier molecular flexibility index (Phi) is 4.92. The largest absolute Gasteiger partial charge is 0.355 e. The standard InChI is InChI=1S/C18H25N5O/c1-13(2)16-8-18(24)23(12-21-16)11-15-4-6-22(7-5-15)17-10-19-14(3)9-20-17/h8-10,12-13,15H,4-7,11H2,1-3H3. The van der Waals surface area contributed by atoms with Gasteiger partial charge in [-0.15, -0.1) is 0 Å². The van der Waals surface area contributed by atoms with E-state index in [0.29, 0.717) is 5.92 Å². The highest BCUT2D eigenvalue weighted by molar-refractivity contribution is 5.36. The fraction of sp³-hybridized carbons (Fsp3) is 0.556. The zero-order chi connectivity index (χ0) is 17.1. The van der Waals surface area contributed by atoms with Crippen LogP contribution in [0.5, 0.6) is 0 Å². The lowest BCUT2D eigenvalue weighted by Gasteiger charge is -2.32. The molecule has 3 rings (SSSR count). The van der Waals surface area contributed by atoms with E-state index in [4.69, 9.17) is 0 Å². The summed E-state index contributed by atoms with van der Waals surface area (Å²) in [4.78, 5) is 27.7. The Balaban J connectivity index is 1.59. The smallest absolute Gasteiger partial charge is 0.253 e. The molecule has 2 aromatic rings. The molecular formula is C18H25N5O. The SMILES string of the molecule is Cc1cnc(N2CCC(Cn3cnc(C(C)C)cc3=O)CC2)cn1. The highest BCUT2D eigenvalue weighted by Gasteiger charge is 2.21. The molecule has 1 fully saturated rings. The predicted octanol–water partition coefficient (Wildman–Crippen LogP) is 2.38. The molecule has 6 nitrogen and oxygen atoms in total. The van der Waals surface area contributed by atoms with Crippen molar-refractivity contribution in [3.05, 3.63) is 46.5 Å². The topological polar surface area (TPSA) is 63.9 Å². The fourth-order valence-corrected chi connectivity index (χ4v) is 3.06. The third-order valence-corrected chi connectivity index (χ3v) is 4.65. The molecule has 0 bridgehead atoms. The molecule has 0 atom stereocenters. The number of hydrogen-bond acceptors (Lipinski definition) is 5. The van der Waals surface area contributed by atoms with Crippen molar-refractivity contribution in [3.63, 3.8) is 0 Å². The summed E-state index contributed by atoms with van der Waals surface area (Å²) in [5.74, 6) is 1.73. The molecule has 2 aromatic heterocycles. The Morgan fingerprint density at radius 2 is 1.92 bits per heavy atom. The Bertz CT molecular complexity index is 730. The van der Waals surface area contributed by atoms with Crippen molar-refractivity contribution in [2.45, 2.75) is 46.1 Å². The molecule has 0 spiro atoms. The van der Waals surface area contributed by atoms with Crippen molar-refractivity contribution in [1.29, 1.82) is 0 Å². The highest BCUT2D eigenvalue weighted by Crippen LogP contribution is 2.22. The molecule has 128 valence electrons. The maximum atomic E-state index is 12.2. The van der Waals surface area contributed by atoms with Gasteiger partial charge in [-0.2, -0.15) is 0 Å². The normalized spacial score (nSPS) is 15.9. The van der Waals surface area contributed by atoms with Gasteiger partial charge in [0.2, 0.25) is 0 Å². The molecule has 0 aliphatic carbocycles. The van der Waals surface area contributed by atoms with Gasteiger partial charge in [-0.25, -0.2) is 9.97 Å². The average Bonchev–Trinajstić information content (AvgIpc) is 2.58. The quantitative estimate of drug-likeness (QED) is 0.863. The van der Waals surface area contributed by atoms with E-state index in [0.717, 1.165) is 49.7 Å². The molecule has 0 aromatic carbocycles. The molecule has 24 heavy (non-hydrogen) atoms. The second-order valence-corrected chi connectivity index (χ2v) is 6.91. The minimum Gasteiger partial charge on any atom is -0.355 e. The summed E-state index contributed by atoms with van der Waals surface area (Å²) < 4.78 is 1.75. The van der Waals surface area contributed by atoms with Crippen LogP contribution in [0, 0.1) is 12.8 Å². The van der Waals surface area contributed by atoms with Gasteiger partial charge in [0.1, 0.15) is 5.82 Å². The number of anilines is 1. The van der Waals surface area contributed by atoms with Crippen LogP contribution in [-0.4, -0.2) is 32.6 Å². The molecular weight excluding hydrogens is 302 g/mol. The van der Waals surface area contributed by atoms with Crippen molar-refractivity contribution in [2.75, 3.05) is 18.0 Å². The molecule has 1 aliphatic rings. The molecule has 1 saturated heterocycles. The summed E-state index contributed by atoms with van der Waals surface area (Å²) in [6, 6.07) is 1.67.